The second-order valence-electron chi connectivity index (χ2n) is 14.8. The lowest BCUT2D eigenvalue weighted by molar-refractivity contribution is 0.128. The molecule has 0 aromatic heterocycles. The molecule has 49 heavy (non-hydrogen) atoms. The van der Waals surface area contributed by atoms with E-state index in [-0.39, 0.29) is 18.0 Å². The molecule has 0 fully saturated rings. The van der Waals surface area contributed by atoms with Crippen LogP contribution in [0.2, 0.25) is 0 Å². The van der Waals surface area contributed by atoms with Gasteiger partial charge in [-0.3, -0.25) is 0 Å². The van der Waals surface area contributed by atoms with Gasteiger partial charge in [0.1, 0.15) is 17.1 Å². The van der Waals surface area contributed by atoms with Crippen molar-refractivity contribution in [1.29, 1.82) is 0 Å². The predicted octanol–water partition coefficient (Wildman–Crippen LogP) is 13.6. The van der Waals surface area contributed by atoms with Crippen LogP contribution in [0.5, 0.6) is 11.5 Å². The van der Waals surface area contributed by atoms with Crippen LogP contribution in [0.4, 0.5) is 0 Å². The first-order valence-electron chi connectivity index (χ1n) is 18.8. The third-order valence-electron chi connectivity index (χ3n) is 9.40. The van der Waals surface area contributed by atoms with E-state index in [1.54, 1.807) is 12.1 Å². The van der Waals surface area contributed by atoms with E-state index in [9.17, 15) is 10.2 Å². The van der Waals surface area contributed by atoms with Crippen molar-refractivity contribution >= 4 is 6.08 Å². The van der Waals surface area contributed by atoms with E-state index in [2.05, 4.69) is 110 Å². The molecule has 1 aromatic carbocycles. The molecule has 270 valence electrons. The highest BCUT2D eigenvalue weighted by atomic mass is 16.5. The van der Waals surface area contributed by atoms with Crippen molar-refractivity contribution in [3.8, 4) is 11.5 Å². The molecule has 0 spiro atoms. The molecule has 1 unspecified atom stereocenters. The second kappa shape index (κ2) is 23.2. The minimum atomic E-state index is -0.320. The van der Waals surface area contributed by atoms with Gasteiger partial charge in [-0.2, -0.15) is 0 Å². The summed E-state index contributed by atoms with van der Waals surface area (Å²) in [5, 5.41) is 19.6. The average molecular weight is 669 g/mol. The zero-order chi connectivity index (χ0) is 36.1. The summed E-state index contributed by atoms with van der Waals surface area (Å²) in [7, 11) is 0. The fraction of sp³-hybridized carbons (Fsp3) is 0.522. The summed E-state index contributed by atoms with van der Waals surface area (Å²) < 4.78 is 6.25. The highest BCUT2D eigenvalue weighted by Crippen LogP contribution is 2.35. The molecule has 2 rings (SSSR count). The van der Waals surface area contributed by atoms with Gasteiger partial charge in [0.25, 0.3) is 0 Å². The van der Waals surface area contributed by atoms with Crippen LogP contribution in [0.3, 0.4) is 0 Å². The third kappa shape index (κ3) is 18.9. The SMILES string of the molecule is CC(C)=CCC/C(C)=C/CC/C(C)=C/CC/C(=C/CC/C(C)=C/CC/C(C)=C/CC/C(C)=C/CCC1(C)C=Cc2cc(O)ccc2O1)CO. The van der Waals surface area contributed by atoms with Gasteiger partial charge in [-0.1, -0.05) is 82.0 Å². The van der Waals surface area contributed by atoms with Gasteiger partial charge in [-0.05, 0) is 175 Å². The number of aliphatic hydroxyl groups is 1. The van der Waals surface area contributed by atoms with Crippen LogP contribution < -0.4 is 4.74 Å². The lowest BCUT2D eigenvalue weighted by atomic mass is 9.94. The topological polar surface area (TPSA) is 49.7 Å². The molecule has 0 radical (unpaired) electrons. The van der Waals surface area contributed by atoms with E-state index in [0.29, 0.717) is 0 Å². The number of ether oxygens (including phenoxy) is 1. The van der Waals surface area contributed by atoms with Crippen LogP contribution in [-0.2, 0) is 0 Å². The molecule has 1 heterocycles. The molecule has 1 atom stereocenters. The number of hydrogen-bond acceptors (Lipinski definition) is 3. The number of allylic oxidation sites excluding steroid dienone is 13. The Kier molecular flexibility index (Phi) is 19.8. The minimum absolute atomic E-state index is 0.162. The number of phenolic OH excluding ortho intramolecular Hbond substituents is 1. The first-order chi connectivity index (χ1) is 23.4. The van der Waals surface area contributed by atoms with Gasteiger partial charge in [0.15, 0.2) is 0 Å². The quantitative estimate of drug-likeness (QED) is 0.121. The molecular weight excluding hydrogens is 601 g/mol. The van der Waals surface area contributed by atoms with Crippen molar-refractivity contribution in [1.82, 2.24) is 0 Å². The molecule has 1 aliphatic heterocycles. The molecule has 3 nitrogen and oxygen atoms in total. The molecule has 1 aliphatic rings. The number of benzene rings is 1. The third-order valence-corrected chi connectivity index (χ3v) is 9.40. The van der Waals surface area contributed by atoms with Crippen molar-refractivity contribution in [2.75, 3.05) is 6.61 Å². The zero-order valence-electron chi connectivity index (χ0n) is 32.3. The molecule has 0 bridgehead atoms. The lowest BCUT2D eigenvalue weighted by Crippen LogP contribution is -2.31. The number of aliphatic hydroxyl groups excluding tert-OH is 1. The van der Waals surface area contributed by atoms with Crippen molar-refractivity contribution in [3.63, 3.8) is 0 Å². The van der Waals surface area contributed by atoms with Gasteiger partial charge < -0.3 is 14.9 Å². The van der Waals surface area contributed by atoms with Gasteiger partial charge in [0.2, 0.25) is 0 Å². The fourth-order valence-electron chi connectivity index (χ4n) is 6.04. The van der Waals surface area contributed by atoms with Crippen LogP contribution in [0.15, 0.2) is 106 Å². The van der Waals surface area contributed by atoms with Crippen molar-refractivity contribution < 1.29 is 14.9 Å². The van der Waals surface area contributed by atoms with Crippen molar-refractivity contribution in [3.05, 3.63) is 111 Å². The number of phenols is 1. The van der Waals surface area contributed by atoms with Crippen LogP contribution >= 0.6 is 0 Å². The van der Waals surface area contributed by atoms with Crippen LogP contribution in [-0.4, -0.2) is 22.4 Å². The Morgan fingerprint density at radius 3 is 1.55 bits per heavy atom. The smallest absolute Gasteiger partial charge is 0.128 e. The Hall–Kier alpha value is -3.30. The second-order valence-corrected chi connectivity index (χ2v) is 14.8. The molecule has 2 N–H and O–H groups in total. The van der Waals surface area contributed by atoms with Gasteiger partial charge >= 0.3 is 0 Å². The standard InChI is InChI=1S/C46H68O3/c1-36(2)16-9-17-37(3)18-10-21-39(5)24-13-27-42(35-47)28-14-25-40(6)22-11-19-38(4)20-12-23-41(7)26-15-32-46(8)33-31-43-34-44(48)29-30-45(43)49-46/h16,18,20,22,24,26,28-31,33-34,47-48H,9-15,17,19,21,23,25,27,32,35H2,1-8H3/b37-18+,38-20+,39-24+,40-22+,41-26+,42-28-. The van der Waals surface area contributed by atoms with Gasteiger partial charge in [-0.15, -0.1) is 0 Å². The van der Waals surface area contributed by atoms with E-state index in [1.165, 1.54) is 33.4 Å². The first-order valence-corrected chi connectivity index (χ1v) is 18.8. The maximum Gasteiger partial charge on any atom is 0.128 e. The molecule has 3 heteroatoms. The number of hydrogen-bond donors (Lipinski definition) is 2. The normalized spacial score (nSPS) is 17.7. The highest BCUT2D eigenvalue weighted by molar-refractivity contribution is 5.62. The Labute approximate surface area is 300 Å². The molecule has 1 aromatic rings. The van der Waals surface area contributed by atoms with E-state index in [0.717, 1.165) is 107 Å². The van der Waals surface area contributed by atoms with E-state index in [4.69, 9.17) is 4.74 Å². The molecule has 0 saturated carbocycles. The van der Waals surface area contributed by atoms with Gasteiger partial charge in [0.05, 0.1) is 6.61 Å². The summed E-state index contributed by atoms with van der Waals surface area (Å²) in [5.41, 5.74) is 10.4. The summed E-state index contributed by atoms with van der Waals surface area (Å²) >= 11 is 0. The largest absolute Gasteiger partial charge is 0.508 e. The maximum atomic E-state index is 9.88. The van der Waals surface area contributed by atoms with Crippen molar-refractivity contribution in [2.45, 2.75) is 151 Å². The Bertz CT molecular complexity index is 1400. The van der Waals surface area contributed by atoms with Crippen molar-refractivity contribution in [2.24, 2.45) is 0 Å². The summed E-state index contributed by atoms with van der Waals surface area (Å²) in [6.45, 7) is 17.8. The summed E-state index contributed by atoms with van der Waals surface area (Å²) in [4.78, 5) is 0. The minimum Gasteiger partial charge on any atom is -0.508 e. The molecular formula is C46H68O3. The Morgan fingerprint density at radius 1 is 0.612 bits per heavy atom. The predicted molar refractivity (Wildman–Crippen MR) is 214 cm³/mol. The summed E-state index contributed by atoms with van der Waals surface area (Å²) in [6, 6.07) is 5.27. The lowest BCUT2D eigenvalue weighted by Gasteiger charge is -2.31. The summed E-state index contributed by atoms with van der Waals surface area (Å²) in [6.07, 6.45) is 35.4. The van der Waals surface area contributed by atoms with E-state index >= 15 is 0 Å². The fourth-order valence-corrected chi connectivity index (χ4v) is 6.04. The van der Waals surface area contributed by atoms with Gasteiger partial charge in [-0.25, -0.2) is 0 Å². The van der Waals surface area contributed by atoms with Crippen LogP contribution in [0, 0.1) is 0 Å². The Balaban J connectivity index is 1.62. The molecule has 0 aliphatic carbocycles. The van der Waals surface area contributed by atoms with Crippen LogP contribution in [0.1, 0.15) is 151 Å². The van der Waals surface area contributed by atoms with E-state index in [1.807, 2.05) is 6.07 Å². The maximum absolute atomic E-state index is 9.88. The number of aromatic hydroxyl groups is 1. The average Bonchev–Trinajstić information content (AvgIpc) is 3.04. The zero-order valence-corrected chi connectivity index (χ0v) is 32.3. The van der Waals surface area contributed by atoms with Gasteiger partial charge in [0, 0.05) is 5.56 Å². The van der Waals surface area contributed by atoms with E-state index < -0.39 is 0 Å². The number of rotatable bonds is 22. The molecule has 0 saturated heterocycles. The van der Waals surface area contributed by atoms with Crippen LogP contribution in [0.25, 0.3) is 6.08 Å². The number of fused-ring (bicyclic) bond motifs is 1. The monoisotopic (exact) mass is 669 g/mol. The summed E-state index contributed by atoms with van der Waals surface area (Å²) in [5.74, 6) is 1.10. The Morgan fingerprint density at radius 2 is 1.06 bits per heavy atom. The molecule has 0 amide bonds. The first kappa shape index (κ1) is 41.9. The highest BCUT2D eigenvalue weighted by Gasteiger charge is 2.26.